The molecule has 4 heteroatoms. The first-order valence-electron chi connectivity index (χ1n) is 7.38. The lowest BCUT2D eigenvalue weighted by atomic mass is 9.49. The summed E-state index contributed by atoms with van der Waals surface area (Å²) in [6.07, 6.45) is 7.33. The van der Waals surface area contributed by atoms with Gasteiger partial charge in [0.25, 0.3) is 0 Å². The zero-order chi connectivity index (χ0) is 13.0. The van der Waals surface area contributed by atoms with Crippen molar-refractivity contribution in [2.45, 2.75) is 45.4 Å². The van der Waals surface area contributed by atoms with E-state index in [0.717, 1.165) is 42.8 Å². The number of carbonyl (C=O) groups is 1. The van der Waals surface area contributed by atoms with Gasteiger partial charge in [-0.05, 0) is 63.2 Å². The minimum absolute atomic E-state index is 0.110. The molecule has 1 amide bonds. The van der Waals surface area contributed by atoms with E-state index >= 15 is 0 Å². The fourth-order valence-corrected chi connectivity index (χ4v) is 5.06. The highest BCUT2D eigenvalue weighted by molar-refractivity contribution is 5.94. The van der Waals surface area contributed by atoms with Gasteiger partial charge in [-0.25, -0.2) is 0 Å². The zero-order valence-corrected chi connectivity index (χ0v) is 11.3. The van der Waals surface area contributed by atoms with Crippen LogP contribution in [0.3, 0.4) is 0 Å². The molecule has 0 saturated heterocycles. The molecule has 0 unspecified atom stereocenters. The standard InChI is InChI=1S/C15H20N2O2/c1-9-2-13(17-19-9)16-14(18)15-6-10-3-11(7-15)5-12(4-10)8-15/h2,10-12H,3-8H2,1H3,(H,16,17,18). The van der Waals surface area contributed by atoms with Crippen molar-refractivity contribution in [1.82, 2.24) is 5.16 Å². The molecule has 0 radical (unpaired) electrons. The average molecular weight is 260 g/mol. The fourth-order valence-electron chi connectivity index (χ4n) is 5.06. The van der Waals surface area contributed by atoms with Gasteiger partial charge in [-0.15, -0.1) is 0 Å². The van der Waals surface area contributed by atoms with E-state index in [1.165, 1.54) is 19.3 Å². The predicted molar refractivity (Wildman–Crippen MR) is 70.5 cm³/mol. The van der Waals surface area contributed by atoms with E-state index in [-0.39, 0.29) is 11.3 Å². The average Bonchev–Trinajstić information content (AvgIpc) is 2.73. The highest BCUT2D eigenvalue weighted by atomic mass is 16.5. The molecule has 1 N–H and O–H groups in total. The number of anilines is 1. The summed E-state index contributed by atoms with van der Waals surface area (Å²) < 4.78 is 5.02. The Morgan fingerprint density at radius 1 is 1.26 bits per heavy atom. The number of rotatable bonds is 2. The Bertz CT molecular complexity index is 485. The molecular weight excluding hydrogens is 240 g/mol. The molecular formula is C15H20N2O2. The van der Waals surface area contributed by atoms with Crippen LogP contribution < -0.4 is 5.32 Å². The van der Waals surface area contributed by atoms with Gasteiger partial charge in [0.15, 0.2) is 5.82 Å². The summed E-state index contributed by atoms with van der Waals surface area (Å²) in [7, 11) is 0. The van der Waals surface area contributed by atoms with Crippen LogP contribution in [0.1, 0.15) is 44.3 Å². The Kier molecular flexibility index (Phi) is 2.32. The maximum Gasteiger partial charge on any atom is 0.231 e. The van der Waals surface area contributed by atoms with Crippen LogP contribution in [-0.4, -0.2) is 11.1 Å². The second-order valence-electron chi connectivity index (χ2n) is 6.97. The Hall–Kier alpha value is -1.32. The van der Waals surface area contributed by atoms with E-state index in [1.54, 1.807) is 6.07 Å². The van der Waals surface area contributed by atoms with Crippen molar-refractivity contribution in [1.29, 1.82) is 0 Å². The highest BCUT2D eigenvalue weighted by Gasteiger charge is 2.54. The summed E-state index contributed by atoms with van der Waals surface area (Å²) >= 11 is 0. The van der Waals surface area contributed by atoms with Gasteiger partial charge >= 0.3 is 0 Å². The third kappa shape index (κ3) is 1.80. The van der Waals surface area contributed by atoms with Crippen LogP contribution in [0.15, 0.2) is 10.6 Å². The number of carbonyl (C=O) groups excluding carboxylic acids is 1. The topological polar surface area (TPSA) is 55.1 Å². The van der Waals surface area contributed by atoms with Crippen molar-refractivity contribution in [2.75, 3.05) is 5.32 Å². The minimum Gasteiger partial charge on any atom is -0.360 e. The molecule has 4 bridgehead atoms. The summed E-state index contributed by atoms with van der Waals surface area (Å²) in [6.45, 7) is 1.84. The monoisotopic (exact) mass is 260 g/mol. The minimum atomic E-state index is -0.110. The van der Waals surface area contributed by atoms with Crippen LogP contribution in [0.4, 0.5) is 5.82 Å². The first-order valence-corrected chi connectivity index (χ1v) is 7.38. The maximum atomic E-state index is 12.7. The summed E-state index contributed by atoms with van der Waals surface area (Å²) in [5.74, 6) is 3.85. The van der Waals surface area contributed by atoms with Crippen molar-refractivity contribution >= 4 is 11.7 Å². The molecule has 0 aromatic carbocycles. The van der Waals surface area contributed by atoms with E-state index in [0.29, 0.717) is 5.82 Å². The second-order valence-corrected chi connectivity index (χ2v) is 6.97. The lowest BCUT2D eigenvalue weighted by Gasteiger charge is -2.55. The summed E-state index contributed by atoms with van der Waals surface area (Å²) in [4.78, 5) is 12.7. The van der Waals surface area contributed by atoms with Gasteiger partial charge < -0.3 is 9.84 Å². The molecule has 0 aliphatic heterocycles. The molecule has 1 aromatic rings. The fraction of sp³-hybridized carbons (Fsp3) is 0.733. The normalized spacial score (nSPS) is 39.5. The van der Waals surface area contributed by atoms with E-state index in [4.69, 9.17) is 4.52 Å². The predicted octanol–water partition coefficient (Wildman–Crippen LogP) is 3.14. The summed E-state index contributed by atoms with van der Waals surface area (Å²) in [5, 5.41) is 6.85. The number of amides is 1. The Balaban J connectivity index is 1.56. The molecule has 1 aromatic heterocycles. The highest BCUT2D eigenvalue weighted by Crippen LogP contribution is 2.60. The number of nitrogens with zero attached hydrogens (tertiary/aromatic N) is 1. The quantitative estimate of drug-likeness (QED) is 0.888. The summed E-state index contributed by atoms with van der Waals surface area (Å²) in [5.41, 5.74) is -0.110. The van der Waals surface area contributed by atoms with Crippen molar-refractivity contribution < 1.29 is 9.32 Å². The molecule has 0 atom stereocenters. The molecule has 1 heterocycles. The molecule has 4 fully saturated rings. The SMILES string of the molecule is Cc1cc(NC(=O)C23CC4CC(CC(C4)C2)C3)no1. The van der Waals surface area contributed by atoms with Gasteiger partial charge in [-0.2, -0.15) is 0 Å². The van der Waals surface area contributed by atoms with E-state index < -0.39 is 0 Å². The van der Waals surface area contributed by atoms with Crippen LogP contribution in [-0.2, 0) is 4.79 Å². The van der Waals surface area contributed by atoms with Crippen LogP contribution in [0, 0.1) is 30.1 Å². The van der Waals surface area contributed by atoms with Crippen LogP contribution in [0.5, 0.6) is 0 Å². The lowest BCUT2D eigenvalue weighted by Crippen LogP contribution is -2.51. The Labute approximate surface area is 112 Å². The number of aryl methyl sites for hydroxylation is 1. The largest absolute Gasteiger partial charge is 0.360 e. The molecule has 4 nitrogen and oxygen atoms in total. The molecule has 0 spiro atoms. The van der Waals surface area contributed by atoms with Crippen LogP contribution >= 0.6 is 0 Å². The number of hydrogen-bond acceptors (Lipinski definition) is 3. The zero-order valence-electron chi connectivity index (χ0n) is 11.3. The molecule has 102 valence electrons. The number of aromatic nitrogens is 1. The van der Waals surface area contributed by atoms with Crippen molar-refractivity contribution in [3.63, 3.8) is 0 Å². The third-order valence-corrected chi connectivity index (χ3v) is 5.39. The van der Waals surface area contributed by atoms with Gasteiger partial charge in [0.2, 0.25) is 5.91 Å². The van der Waals surface area contributed by atoms with Crippen molar-refractivity contribution in [2.24, 2.45) is 23.2 Å². The molecule has 4 aliphatic rings. The number of nitrogens with one attached hydrogen (secondary N) is 1. The second kappa shape index (κ2) is 3.84. The Morgan fingerprint density at radius 2 is 1.84 bits per heavy atom. The first kappa shape index (κ1) is 11.5. The summed E-state index contributed by atoms with van der Waals surface area (Å²) in [6, 6.07) is 1.79. The van der Waals surface area contributed by atoms with Crippen molar-refractivity contribution in [3.05, 3.63) is 11.8 Å². The van der Waals surface area contributed by atoms with Gasteiger partial charge in [0, 0.05) is 6.07 Å². The van der Waals surface area contributed by atoms with Gasteiger partial charge in [-0.3, -0.25) is 4.79 Å². The molecule has 19 heavy (non-hydrogen) atoms. The first-order chi connectivity index (χ1) is 9.13. The van der Waals surface area contributed by atoms with Crippen LogP contribution in [0.2, 0.25) is 0 Å². The van der Waals surface area contributed by atoms with Gasteiger partial charge in [0.05, 0.1) is 5.41 Å². The molecule has 4 aliphatic carbocycles. The van der Waals surface area contributed by atoms with E-state index in [2.05, 4.69) is 10.5 Å². The Morgan fingerprint density at radius 3 is 2.32 bits per heavy atom. The van der Waals surface area contributed by atoms with Crippen molar-refractivity contribution in [3.8, 4) is 0 Å². The third-order valence-electron chi connectivity index (χ3n) is 5.39. The number of hydrogen-bond donors (Lipinski definition) is 1. The van der Waals surface area contributed by atoms with E-state index in [9.17, 15) is 4.79 Å². The van der Waals surface area contributed by atoms with Gasteiger partial charge in [0.1, 0.15) is 5.76 Å². The smallest absolute Gasteiger partial charge is 0.231 e. The van der Waals surface area contributed by atoms with Crippen LogP contribution in [0.25, 0.3) is 0 Å². The maximum absolute atomic E-state index is 12.7. The van der Waals surface area contributed by atoms with Gasteiger partial charge in [-0.1, -0.05) is 5.16 Å². The lowest BCUT2D eigenvalue weighted by molar-refractivity contribution is -0.140. The molecule has 5 rings (SSSR count). The molecule has 4 saturated carbocycles. The van der Waals surface area contributed by atoms with E-state index in [1.807, 2.05) is 6.92 Å².